The molecule has 0 spiro atoms. The van der Waals surface area contributed by atoms with Crippen LogP contribution in [0.5, 0.6) is 11.5 Å². The maximum absolute atomic E-state index is 12.0. The third kappa shape index (κ3) is 4.00. The molecular formula is C19H19N3O4. The predicted octanol–water partition coefficient (Wildman–Crippen LogP) is 2.47. The van der Waals surface area contributed by atoms with Crippen molar-refractivity contribution in [2.45, 2.75) is 13.5 Å². The summed E-state index contributed by atoms with van der Waals surface area (Å²) in [7, 11) is 1.48. The molecule has 0 saturated heterocycles. The number of Topliss-reactive ketones (excluding diaryl/α,β-unsaturated/α-hetero) is 1. The summed E-state index contributed by atoms with van der Waals surface area (Å²) in [6.45, 7) is 1.58. The van der Waals surface area contributed by atoms with Crippen molar-refractivity contribution in [1.29, 1.82) is 0 Å². The maximum atomic E-state index is 12.0. The zero-order chi connectivity index (χ0) is 18.5. The first-order valence-corrected chi connectivity index (χ1v) is 8.09. The summed E-state index contributed by atoms with van der Waals surface area (Å²) in [6.07, 6.45) is 0. The van der Waals surface area contributed by atoms with Gasteiger partial charge in [0.05, 0.1) is 24.7 Å². The highest BCUT2D eigenvalue weighted by Crippen LogP contribution is 2.28. The molecule has 3 rings (SSSR count). The maximum Gasteiger partial charge on any atom is 0.258 e. The van der Waals surface area contributed by atoms with E-state index in [1.54, 1.807) is 18.2 Å². The fourth-order valence-electron chi connectivity index (χ4n) is 2.47. The van der Waals surface area contributed by atoms with Crippen LogP contribution in [0.2, 0.25) is 0 Å². The van der Waals surface area contributed by atoms with Crippen molar-refractivity contribution >= 4 is 22.7 Å². The zero-order valence-corrected chi connectivity index (χ0v) is 14.5. The summed E-state index contributed by atoms with van der Waals surface area (Å²) in [4.78, 5) is 30.9. The van der Waals surface area contributed by atoms with Crippen LogP contribution in [0.3, 0.4) is 0 Å². The number of ether oxygens (including phenoxy) is 2. The lowest BCUT2D eigenvalue weighted by Gasteiger charge is -2.11. The number of benzene rings is 2. The highest BCUT2D eigenvalue weighted by molar-refractivity contribution is 5.94. The molecule has 0 aliphatic heterocycles. The van der Waals surface area contributed by atoms with E-state index in [-0.39, 0.29) is 24.8 Å². The predicted molar refractivity (Wildman–Crippen MR) is 96.4 cm³/mol. The van der Waals surface area contributed by atoms with Crippen molar-refractivity contribution in [1.82, 2.24) is 15.3 Å². The van der Waals surface area contributed by atoms with Crippen LogP contribution in [0, 0.1) is 0 Å². The minimum absolute atomic E-state index is 0.0709. The molecule has 1 heterocycles. The van der Waals surface area contributed by atoms with Gasteiger partial charge < -0.3 is 19.8 Å². The number of nitrogens with one attached hydrogen (secondary N) is 2. The molecule has 134 valence electrons. The molecule has 0 radical (unpaired) electrons. The van der Waals surface area contributed by atoms with E-state index in [2.05, 4.69) is 15.3 Å². The van der Waals surface area contributed by atoms with E-state index in [0.717, 1.165) is 11.0 Å². The topological polar surface area (TPSA) is 93.3 Å². The van der Waals surface area contributed by atoms with E-state index in [4.69, 9.17) is 9.47 Å². The molecule has 26 heavy (non-hydrogen) atoms. The van der Waals surface area contributed by atoms with Crippen molar-refractivity contribution in [3.8, 4) is 11.5 Å². The third-order valence-corrected chi connectivity index (χ3v) is 3.82. The van der Waals surface area contributed by atoms with Crippen molar-refractivity contribution in [3.63, 3.8) is 0 Å². The largest absolute Gasteiger partial charge is 0.493 e. The van der Waals surface area contributed by atoms with Gasteiger partial charge in [0.2, 0.25) is 0 Å². The summed E-state index contributed by atoms with van der Waals surface area (Å²) in [5, 5.41) is 2.74. The number of rotatable bonds is 7. The van der Waals surface area contributed by atoms with Gasteiger partial charge in [-0.1, -0.05) is 12.1 Å². The smallest absolute Gasteiger partial charge is 0.258 e. The number of carbonyl (C=O) groups excluding carboxylic acids is 2. The molecule has 1 aromatic heterocycles. The van der Waals surface area contributed by atoms with Gasteiger partial charge in [0.15, 0.2) is 23.9 Å². The second-order valence-electron chi connectivity index (χ2n) is 5.69. The van der Waals surface area contributed by atoms with E-state index in [1.165, 1.54) is 14.0 Å². The monoisotopic (exact) mass is 353 g/mol. The fraction of sp³-hybridized carbons (Fsp3) is 0.211. The standard InChI is InChI=1S/C19H19N3O4/c1-12(23)13-7-8-16(17(9-13)25-2)26-11-19(24)20-10-18-21-14-5-3-4-6-15(14)22-18/h3-9H,10-11H2,1-2H3,(H,20,24)(H,21,22). The highest BCUT2D eigenvalue weighted by atomic mass is 16.5. The lowest BCUT2D eigenvalue weighted by atomic mass is 10.1. The van der Waals surface area contributed by atoms with E-state index in [1.807, 2.05) is 24.3 Å². The number of hydrogen-bond acceptors (Lipinski definition) is 5. The number of imidazole rings is 1. The number of aromatic nitrogens is 2. The number of aromatic amines is 1. The molecule has 2 N–H and O–H groups in total. The molecule has 2 aromatic carbocycles. The Hall–Kier alpha value is -3.35. The highest BCUT2D eigenvalue weighted by Gasteiger charge is 2.11. The Morgan fingerprint density at radius 1 is 1.15 bits per heavy atom. The number of H-pyrrole nitrogens is 1. The number of nitrogens with zero attached hydrogens (tertiary/aromatic N) is 1. The number of ketones is 1. The molecule has 0 unspecified atom stereocenters. The van der Waals surface area contributed by atoms with Crippen LogP contribution in [-0.2, 0) is 11.3 Å². The van der Waals surface area contributed by atoms with Gasteiger partial charge >= 0.3 is 0 Å². The molecule has 0 atom stereocenters. The van der Waals surface area contributed by atoms with Crippen LogP contribution in [0.25, 0.3) is 11.0 Å². The van der Waals surface area contributed by atoms with Crippen LogP contribution in [0.15, 0.2) is 42.5 Å². The Labute approximate surface area is 150 Å². The van der Waals surface area contributed by atoms with Crippen molar-refractivity contribution < 1.29 is 19.1 Å². The van der Waals surface area contributed by atoms with Crippen LogP contribution < -0.4 is 14.8 Å². The van der Waals surface area contributed by atoms with Gasteiger partial charge in [-0.05, 0) is 37.3 Å². The number of methoxy groups -OCH3 is 1. The molecule has 0 bridgehead atoms. The summed E-state index contributed by atoms with van der Waals surface area (Å²) >= 11 is 0. The number of hydrogen-bond donors (Lipinski definition) is 2. The van der Waals surface area contributed by atoms with Crippen LogP contribution >= 0.6 is 0 Å². The quantitative estimate of drug-likeness (QED) is 0.637. The second kappa shape index (κ2) is 7.69. The number of carbonyl (C=O) groups is 2. The minimum atomic E-state index is -0.289. The first-order valence-electron chi connectivity index (χ1n) is 8.09. The average molecular weight is 353 g/mol. The second-order valence-corrected chi connectivity index (χ2v) is 5.69. The Morgan fingerprint density at radius 3 is 2.69 bits per heavy atom. The van der Waals surface area contributed by atoms with Gasteiger partial charge in [-0.15, -0.1) is 0 Å². The normalized spacial score (nSPS) is 10.5. The molecule has 0 fully saturated rings. The number of amides is 1. The molecule has 0 aliphatic carbocycles. The lowest BCUT2D eigenvalue weighted by molar-refractivity contribution is -0.123. The van der Waals surface area contributed by atoms with E-state index in [0.29, 0.717) is 22.9 Å². The van der Waals surface area contributed by atoms with Gasteiger partial charge in [0.1, 0.15) is 5.82 Å². The van der Waals surface area contributed by atoms with Gasteiger partial charge in [-0.2, -0.15) is 0 Å². The van der Waals surface area contributed by atoms with Crippen LogP contribution in [0.1, 0.15) is 23.1 Å². The summed E-state index contributed by atoms with van der Waals surface area (Å²) in [5.41, 5.74) is 2.29. The molecule has 3 aromatic rings. The Balaban J connectivity index is 1.56. The first-order chi connectivity index (χ1) is 12.6. The molecule has 1 amide bonds. The van der Waals surface area contributed by atoms with Crippen molar-refractivity contribution in [2.75, 3.05) is 13.7 Å². The van der Waals surface area contributed by atoms with E-state index in [9.17, 15) is 9.59 Å². The molecule has 7 heteroatoms. The SMILES string of the molecule is COc1cc(C(C)=O)ccc1OCC(=O)NCc1nc2ccccc2[nH]1. The lowest BCUT2D eigenvalue weighted by Crippen LogP contribution is -2.28. The summed E-state index contributed by atoms with van der Waals surface area (Å²) in [6, 6.07) is 12.5. The molecular weight excluding hydrogens is 334 g/mol. The van der Waals surface area contributed by atoms with Crippen LogP contribution in [0.4, 0.5) is 0 Å². The summed E-state index contributed by atoms with van der Waals surface area (Å²) in [5.74, 6) is 1.11. The van der Waals surface area contributed by atoms with Gasteiger partial charge in [0, 0.05) is 5.56 Å². The van der Waals surface area contributed by atoms with Gasteiger partial charge in [0.25, 0.3) is 5.91 Å². The van der Waals surface area contributed by atoms with Crippen LogP contribution in [-0.4, -0.2) is 35.4 Å². The summed E-state index contributed by atoms with van der Waals surface area (Å²) < 4.78 is 10.7. The number of para-hydroxylation sites is 2. The molecule has 0 saturated carbocycles. The van der Waals surface area contributed by atoms with Crippen molar-refractivity contribution in [3.05, 3.63) is 53.9 Å². The minimum Gasteiger partial charge on any atom is -0.493 e. The third-order valence-electron chi connectivity index (χ3n) is 3.82. The van der Waals surface area contributed by atoms with Gasteiger partial charge in [-0.3, -0.25) is 9.59 Å². The Bertz CT molecular complexity index is 916. The zero-order valence-electron chi connectivity index (χ0n) is 14.5. The molecule has 0 aliphatic rings. The van der Waals surface area contributed by atoms with Gasteiger partial charge in [-0.25, -0.2) is 4.98 Å². The first kappa shape index (κ1) is 17.5. The van der Waals surface area contributed by atoms with Crippen molar-refractivity contribution in [2.24, 2.45) is 0 Å². The average Bonchev–Trinajstić information content (AvgIpc) is 3.07. The molecule has 7 nitrogen and oxygen atoms in total. The fourth-order valence-corrected chi connectivity index (χ4v) is 2.47. The Morgan fingerprint density at radius 2 is 1.96 bits per heavy atom. The van der Waals surface area contributed by atoms with E-state index < -0.39 is 0 Å². The Kier molecular flexibility index (Phi) is 5.17. The number of fused-ring (bicyclic) bond motifs is 1. The van der Waals surface area contributed by atoms with E-state index >= 15 is 0 Å².